The van der Waals surface area contributed by atoms with Gasteiger partial charge in [0.25, 0.3) is 5.91 Å². The molecule has 3 rings (SSSR count). The molecular weight excluding hydrogens is 304 g/mol. The Bertz CT molecular complexity index is 730. The second-order valence-electron chi connectivity index (χ2n) is 5.99. The molecular formula is C19H20N2O3. The van der Waals surface area contributed by atoms with Crippen molar-refractivity contribution < 1.29 is 14.7 Å². The van der Waals surface area contributed by atoms with Gasteiger partial charge in [-0.05, 0) is 49.2 Å². The van der Waals surface area contributed by atoms with Crippen LogP contribution >= 0.6 is 0 Å². The highest BCUT2D eigenvalue weighted by Crippen LogP contribution is 2.21. The number of nitrogens with zero attached hydrogens (tertiary/aromatic N) is 1. The molecule has 124 valence electrons. The van der Waals surface area contributed by atoms with Crippen LogP contribution in [0.25, 0.3) is 0 Å². The number of aliphatic carboxylic acids is 1. The molecule has 24 heavy (non-hydrogen) atoms. The van der Waals surface area contributed by atoms with Crippen LogP contribution in [0.5, 0.6) is 0 Å². The van der Waals surface area contributed by atoms with Crippen molar-refractivity contribution in [2.75, 3.05) is 11.9 Å². The number of nitrogens with one attached hydrogen (secondary N) is 1. The summed E-state index contributed by atoms with van der Waals surface area (Å²) in [4.78, 5) is 25.6. The van der Waals surface area contributed by atoms with Gasteiger partial charge in [0.05, 0.1) is 0 Å². The van der Waals surface area contributed by atoms with E-state index in [1.165, 1.54) is 0 Å². The fourth-order valence-corrected chi connectivity index (χ4v) is 3.07. The fourth-order valence-electron chi connectivity index (χ4n) is 3.07. The number of benzene rings is 2. The van der Waals surface area contributed by atoms with Crippen molar-refractivity contribution in [3.8, 4) is 0 Å². The molecule has 1 saturated heterocycles. The zero-order valence-corrected chi connectivity index (χ0v) is 13.3. The molecule has 1 aliphatic heterocycles. The van der Waals surface area contributed by atoms with Crippen LogP contribution in [0.1, 0.15) is 28.8 Å². The standard InChI is InChI=1S/C19H20N2O3/c22-18(20-16-8-2-1-3-9-16)15-7-4-6-14(12-15)13-21-11-5-10-17(21)19(23)24/h1-4,6-9,12,17H,5,10-11,13H2,(H,20,22)(H,23,24). The Balaban J connectivity index is 1.70. The summed E-state index contributed by atoms with van der Waals surface area (Å²) in [5.74, 6) is -0.940. The second-order valence-corrected chi connectivity index (χ2v) is 5.99. The van der Waals surface area contributed by atoms with E-state index in [1.54, 1.807) is 6.07 Å². The van der Waals surface area contributed by atoms with Gasteiger partial charge in [0.15, 0.2) is 0 Å². The molecule has 0 aromatic heterocycles. The first-order valence-corrected chi connectivity index (χ1v) is 8.06. The van der Waals surface area contributed by atoms with E-state index >= 15 is 0 Å². The molecule has 1 fully saturated rings. The van der Waals surface area contributed by atoms with E-state index in [0.717, 1.165) is 24.2 Å². The third-order valence-corrected chi connectivity index (χ3v) is 4.26. The molecule has 2 aromatic rings. The number of hydrogen-bond donors (Lipinski definition) is 2. The molecule has 1 atom stereocenters. The van der Waals surface area contributed by atoms with Gasteiger partial charge in [-0.1, -0.05) is 30.3 Å². The average molecular weight is 324 g/mol. The third kappa shape index (κ3) is 3.81. The van der Waals surface area contributed by atoms with Gasteiger partial charge in [-0.25, -0.2) is 0 Å². The minimum absolute atomic E-state index is 0.167. The number of carbonyl (C=O) groups excluding carboxylic acids is 1. The quantitative estimate of drug-likeness (QED) is 0.887. The molecule has 5 heteroatoms. The lowest BCUT2D eigenvalue weighted by atomic mass is 10.1. The van der Waals surface area contributed by atoms with E-state index in [4.69, 9.17) is 0 Å². The van der Waals surface area contributed by atoms with E-state index in [0.29, 0.717) is 18.5 Å². The zero-order chi connectivity index (χ0) is 16.9. The number of anilines is 1. The molecule has 0 bridgehead atoms. The van der Waals surface area contributed by atoms with Crippen molar-refractivity contribution in [1.29, 1.82) is 0 Å². The highest BCUT2D eigenvalue weighted by molar-refractivity contribution is 6.04. The summed E-state index contributed by atoms with van der Waals surface area (Å²) in [6, 6.07) is 16.2. The average Bonchev–Trinajstić information content (AvgIpc) is 3.04. The monoisotopic (exact) mass is 324 g/mol. The van der Waals surface area contributed by atoms with Gasteiger partial charge in [0.1, 0.15) is 6.04 Å². The van der Waals surface area contributed by atoms with Crippen molar-refractivity contribution in [1.82, 2.24) is 4.90 Å². The Kier molecular flexibility index (Phi) is 4.91. The lowest BCUT2D eigenvalue weighted by molar-refractivity contribution is -0.142. The van der Waals surface area contributed by atoms with Gasteiger partial charge in [-0.2, -0.15) is 0 Å². The van der Waals surface area contributed by atoms with Crippen LogP contribution in [0.4, 0.5) is 5.69 Å². The molecule has 5 nitrogen and oxygen atoms in total. The van der Waals surface area contributed by atoms with Crippen molar-refractivity contribution in [2.24, 2.45) is 0 Å². The molecule has 2 N–H and O–H groups in total. The summed E-state index contributed by atoms with van der Waals surface area (Å²) in [6.07, 6.45) is 1.58. The van der Waals surface area contributed by atoms with Crippen LogP contribution in [-0.2, 0) is 11.3 Å². The van der Waals surface area contributed by atoms with E-state index in [9.17, 15) is 14.7 Å². The van der Waals surface area contributed by atoms with Gasteiger partial charge >= 0.3 is 5.97 Å². The zero-order valence-electron chi connectivity index (χ0n) is 13.3. The highest BCUT2D eigenvalue weighted by Gasteiger charge is 2.30. The highest BCUT2D eigenvalue weighted by atomic mass is 16.4. The second kappa shape index (κ2) is 7.27. The summed E-state index contributed by atoms with van der Waals surface area (Å²) in [7, 11) is 0. The van der Waals surface area contributed by atoms with Crippen molar-refractivity contribution in [3.05, 3.63) is 65.7 Å². The van der Waals surface area contributed by atoms with Gasteiger partial charge in [0.2, 0.25) is 0 Å². The molecule has 2 aromatic carbocycles. The predicted octanol–water partition coefficient (Wildman–Crippen LogP) is 2.99. The maximum absolute atomic E-state index is 12.4. The Morgan fingerprint density at radius 2 is 1.92 bits per heavy atom. The number of carboxylic acid groups (broad SMARTS) is 1. The van der Waals surface area contributed by atoms with Crippen LogP contribution < -0.4 is 5.32 Å². The van der Waals surface area contributed by atoms with Gasteiger partial charge < -0.3 is 10.4 Å². The number of hydrogen-bond acceptors (Lipinski definition) is 3. The molecule has 0 aliphatic carbocycles. The smallest absolute Gasteiger partial charge is 0.320 e. The Morgan fingerprint density at radius 1 is 1.12 bits per heavy atom. The van der Waals surface area contributed by atoms with E-state index in [-0.39, 0.29) is 5.91 Å². The number of amides is 1. The molecule has 1 aliphatic rings. The summed E-state index contributed by atoms with van der Waals surface area (Å²) in [5.41, 5.74) is 2.27. The molecule has 1 amide bonds. The Morgan fingerprint density at radius 3 is 2.67 bits per heavy atom. The molecule has 0 radical (unpaired) electrons. The molecule has 0 spiro atoms. The predicted molar refractivity (Wildman–Crippen MR) is 91.9 cm³/mol. The maximum atomic E-state index is 12.4. The van der Waals surface area contributed by atoms with Gasteiger partial charge in [-0.3, -0.25) is 14.5 Å². The van der Waals surface area contributed by atoms with Crippen molar-refractivity contribution in [2.45, 2.75) is 25.4 Å². The van der Waals surface area contributed by atoms with Crippen molar-refractivity contribution >= 4 is 17.6 Å². The van der Waals surface area contributed by atoms with E-state index < -0.39 is 12.0 Å². The largest absolute Gasteiger partial charge is 0.480 e. The Labute approximate surface area is 140 Å². The normalized spacial score (nSPS) is 17.6. The molecule has 1 heterocycles. The first-order valence-electron chi connectivity index (χ1n) is 8.06. The van der Waals surface area contributed by atoms with Gasteiger partial charge in [-0.15, -0.1) is 0 Å². The summed E-state index contributed by atoms with van der Waals surface area (Å²) < 4.78 is 0. The SMILES string of the molecule is O=C(Nc1ccccc1)c1cccc(CN2CCCC2C(=O)O)c1. The van der Waals surface area contributed by atoms with E-state index in [1.807, 2.05) is 53.4 Å². The van der Waals surface area contributed by atoms with Crippen LogP contribution in [-0.4, -0.2) is 34.5 Å². The first kappa shape index (κ1) is 16.2. The third-order valence-electron chi connectivity index (χ3n) is 4.26. The molecule has 1 unspecified atom stereocenters. The number of carboxylic acids is 1. The summed E-state index contributed by atoms with van der Waals surface area (Å²) in [5, 5.41) is 12.1. The fraction of sp³-hybridized carbons (Fsp3) is 0.263. The minimum Gasteiger partial charge on any atom is -0.480 e. The Hall–Kier alpha value is -2.66. The van der Waals surface area contributed by atoms with Crippen molar-refractivity contribution in [3.63, 3.8) is 0 Å². The summed E-state index contributed by atoms with van der Waals surface area (Å²) >= 11 is 0. The maximum Gasteiger partial charge on any atom is 0.320 e. The molecule has 0 saturated carbocycles. The topological polar surface area (TPSA) is 69.6 Å². The lowest BCUT2D eigenvalue weighted by Gasteiger charge is -2.21. The van der Waals surface area contributed by atoms with Crippen LogP contribution in [0.2, 0.25) is 0 Å². The van der Waals surface area contributed by atoms with Crippen LogP contribution in [0.15, 0.2) is 54.6 Å². The van der Waals surface area contributed by atoms with Gasteiger partial charge in [0, 0.05) is 17.8 Å². The van der Waals surface area contributed by atoms with Crippen LogP contribution in [0.3, 0.4) is 0 Å². The van der Waals surface area contributed by atoms with Crippen LogP contribution in [0, 0.1) is 0 Å². The summed E-state index contributed by atoms with van der Waals surface area (Å²) in [6.45, 7) is 1.32. The number of likely N-dealkylation sites (tertiary alicyclic amines) is 1. The number of carbonyl (C=O) groups is 2. The number of rotatable bonds is 5. The minimum atomic E-state index is -0.773. The number of para-hydroxylation sites is 1. The lowest BCUT2D eigenvalue weighted by Crippen LogP contribution is -2.35. The first-order chi connectivity index (χ1) is 11.6. The van der Waals surface area contributed by atoms with E-state index in [2.05, 4.69) is 5.32 Å².